The maximum absolute atomic E-state index is 12.7. The van der Waals surface area contributed by atoms with Crippen molar-refractivity contribution in [2.24, 2.45) is 0 Å². The highest BCUT2D eigenvalue weighted by Gasteiger charge is 2.45. The monoisotopic (exact) mass is 367 g/mol. The first-order valence-corrected chi connectivity index (χ1v) is 9.90. The Hall–Kier alpha value is -2.18. The molecule has 0 saturated carbocycles. The molecule has 0 unspecified atom stereocenters. The lowest BCUT2D eigenvalue weighted by Gasteiger charge is -2.45. The van der Waals surface area contributed by atoms with E-state index in [0.29, 0.717) is 0 Å². The largest absolute Gasteiger partial charge is 0.354 e. The molecule has 27 heavy (non-hydrogen) atoms. The van der Waals surface area contributed by atoms with Crippen molar-refractivity contribution in [3.05, 3.63) is 47.8 Å². The molecule has 2 aliphatic rings. The number of nitrogens with one attached hydrogen (secondary N) is 1. The molecule has 4 rings (SSSR count). The predicted octanol–water partition coefficient (Wildman–Crippen LogP) is 1.97. The van der Waals surface area contributed by atoms with Crippen LogP contribution < -0.4 is 5.32 Å². The maximum Gasteiger partial charge on any atom is 0.240 e. The first-order valence-electron chi connectivity index (χ1n) is 9.90. The molecule has 1 aromatic heterocycles. The topological polar surface area (TPSA) is 53.4 Å². The molecule has 144 valence electrons. The fraction of sp³-hybridized carbons (Fsp3) is 0.524. The molecule has 2 aromatic rings. The minimum absolute atomic E-state index is 0.218. The van der Waals surface area contributed by atoms with Crippen molar-refractivity contribution >= 4 is 5.91 Å². The van der Waals surface area contributed by atoms with E-state index >= 15 is 0 Å². The summed E-state index contributed by atoms with van der Waals surface area (Å²) in [6.07, 6.45) is 6.61. The van der Waals surface area contributed by atoms with Gasteiger partial charge in [-0.25, -0.2) is 4.68 Å². The standard InChI is InChI=1S/C21H29N5O/c1-17-5-6-19(26-12-4-10-23-26)18(15-17)16-25-13-7-21(8-14-25)20(27)22-9-3-11-24(21)2/h4-6,10,12,15H,3,7-9,11,13-14,16H2,1-2H3,(H,22,27). The zero-order valence-corrected chi connectivity index (χ0v) is 16.3. The number of amides is 1. The normalized spacial score (nSPS) is 21.2. The molecule has 0 radical (unpaired) electrons. The number of rotatable bonds is 3. The number of benzene rings is 1. The highest BCUT2D eigenvalue weighted by atomic mass is 16.2. The summed E-state index contributed by atoms with van der Waals surface area (Å²) in [5, 5.41) is 7.53. The van der Waals surface area contributed by atoms with Crippen LogP contribution in [0.1, 0.15) is 30.4 Å². The summed E-state index contributed by atoms with van der Waals surface area (Å²) in [5.74, 6) is 0.218. The molecular formula is C21H29N5O. The maximum atomic E-state index is 12.7. The van der Waals surface area contributed by atoms with Gasteiger partial charge in [-0.2, -0.15) is 5.10 Å². The van der Waals surface area contributed by atoms with Gasteiger partial charge in [-0.05, 0) is 50.9 Å². The number of likely N-dealkylation sites (tertiary alicyclic amines) is 1. The fourth-order valence-corrected chi connectivity index (χ4v) is 4.48. The molecule has 2 saturated heterocycles. The van der Waals surface area contributed by atoms with Gasteiger partial charge >= 0.3 is 0 Å². The van der Waals surface area contributed by atoms with Crippen molar-refractivity contribution in [3.63, 3.8) is 0 Å². The average Bonchev–Trinajstić information content (AvgIpc) is 3.16. The van der Waals surface area contributed by atoms with Crippen LogP contribution in [0.15, 0.2) is 36.7 Å². The van der Waals surface area contributed by atoms with Gasteiger partial charge in [0.25, 0.3) is 0 Å². The van der Waals surface area contributed by atoms with Crippen LogP contribution in [-0.2, 0) is 11.3 Å². The third-order valence-corrected chi connectivity index (χ3v) is 6.17. The Morgan fingerprint density at radius 2 is 2.04 bits per heavy atom. The molecule has 0 atom stereocenters. The quantitative estimate of drug-likeness (QED) is 0.901. The first-order chi connectivity index (χ1) is 13.1. The van der Waals surface area contributed by atoms with E-state index in [1.807, 2.05) is 23.1 Å². The second-order valence-corrected chi connectivity index (χ2v) is 7.92. The molecule has 0 bridgehead atoms. The summed E-state index contributed by atoms with van der Waals surface area (Å²) in [6.45, 7) is 6.67. The van der Waals surface area contributed by atoms with E-state index in [0.717, 1.165) is 57.7 Å². The molecular weight excluding hydrogens is 338 g/mol. The third-order valence-electron chi connectivity index (χ3n) is 6.17. The molecule has 1 spiro atoms. The Morgan fingerprint density at radius 3 is 2.78 bits per heavy atom. The molecule has 1 aromatic carbocycles. The van der Waals surface area contributed by atoms with Crippen LogP contribution in [0.4, 0.5) is 0 Å². The smallest absolute Gasteiger partial charge is 0.240 e. The van der Waals surface area contributed by atoms with Gasteiger partial charge in [0.2, 0.25) is 5.91 Å². The molecule has 0 aliphatic carbocycles. The van der Waals surface area contributed by atoms with Crippen LogP contribution >= 0.6 is 0 Å². The Balaban J connectivity index is 1.50. The van der Waals surface area contributed by atoms with Gasteiger partial charge in [-0.3, -0.25) is 14.6 Å². The lowest BCUT2D eigenvalue weighted by molar-refractivity contribution is -0.134. The number of piperidine rings is 1. The Morgan fingerprint density at radius 1 is 1.22 bits per heavy atom. The van der Waals surface area contributed by atoms with Crippen LogP contribution in [0.5, 0.6) is 0 Å². The van der Waals surface area contributed by atoms with E-state index in [1.165, 1.54) is 11.1 Å². The second-order valence-electron chi connectivity index (χ2n) is 7.92. The minimum atomic E-state index is -0.329. The number of hydrogen-bond acceptors (Lipinski definition) is 4. The van der Waals surface area contributed by atoms with Crippen molar-refractivity contribution in [1.82, 2.24) is 24.9 Å². The molecule has 2 aliphatic heterocycles. The highest BCUT2D eigenvalue weighted by molar-refractivity contribution is 5.86. The van der Waals surface area contributed by atoms with Crippen molar-refractivity contribution in [2.75, 3.05) is 33.2 Å². The number of nitrogens with zero attached hydrogens (tertiary/aromatic N) is 4. The summed E-state index contributed by atoms with van der Waals surface area (Å²) in [7, 11) is 2.11. The summed E-state index contributed by atoms with van der Waals surface area (Å²) in [6, 6.07) is 8.49. The lowest BCUT2D eigenvalue weighted by Crippen LogP contribution is -2.60. The summed E-state index contributed by atoms with van der Waals surface area (Å²) >= 11 is 0. The van der Waals surface area contributed by atoms with Crippen molar-refractivity contribution in [2.45, 2.75) is 38.3 Å². The van der Waals surface area contributed by atoms with E-state index in [1.54, 1.807) is 0 Å². The lowest BCUT2D eigenvalue weighted by atomic mass is 9.85. The number of aryl methyl sites for hydroxylation is 1. The Bertz CT molecular complexity index is 793. The van der Waals surface area contributed by atoms with Gasteiger partial charge in [-0.15, -0.1) is 0 Å². The van der Waals surface area contributed by atoms with Crippen LogP contribution in [0, 0.1) is 6.92 Å². The second kappa shape index (κ2) is 7.44. The number of carbonyl (C=O) groups is 1. The summed E-state index contributed by atoms with van der Waals surface area (Å²) in [4.78, 5) is 17.5. The SMILES string of the molecule is Cc1ccc(-n2cccn2)c(CN2CCC3(CC2)C(=O)NCCCN3C)c1. The minimum Gasteiger partial charge on any atom is -0.354 e. The summed E-state index contributed by atoms with van der Waals surface area (Å²) in [5.41, 5.74) is 3.35. The highest BCUT2D eigenvalue weighted by Crippen LogP contribution is 2.31. The fourth-order valence-electron chi connectivity index (χ4n) is 4.48. The van der Waals surface area contributed by atoms with E-state index in [2.05, 4.69) is 52.4 Å². The number of likely N-dealkylation sites (N-methyl/N-ethyl adjacent to an activating group) is 1. The molecule has 6 heteroatoms. The summed E-state index contributed by atoms with van der Waals surface area (Å²) < 4.78 is 1.94. The van der Waals surface area contributed by atoms with Crippen LogP contribution in [-0.4, -0.2) is 64.3 Å². The number of carbonyl (C=O) groups excluding carboxylic acids is 1. The predicted molar refractivity (Wildman–Crippen MR) is 106 cm³/mol. The van der Waals surface area contributed by atoms with E-state index in [4.69, 9.17) is 0 Å². The van der Waals surface area contributed by atoms with Crippen molar-refractivity contribution < 1.29 is 4.79 Å². The molecule has 1 amide bonds. The van der Waals surface area contributed by atoms with Crippen molar-refractivity contribution in [3.8, 4) is 5.69 Å². The zero-order chi connectivity index (χ0) is 18.9. The number of hydrogen-bond donors (Lipinski definition) is 1. The zero-order valence-electron chi connectivity index (χ0n) is 16.3. The molecule has 6 nitrogen and oxygen atoms in total. The molecule has 3 heterocycles. The van der Waals surface area contributed by atoms with Crippen molar-refractivity contribution in [1.29, 1.82) is 0 Å². The van der Waals surface area contributed by atoms with E-state index < -0.39 is 0 Å². The van der Waals surface area contributed by atoms with Gasteiger partial charge in [0.1, 0.15) is 5.54 Å². The van der Waals surface area contributed by atoms with Gasteiger partial charge in [0, 0.05) is 45.1 Å². The van der Waals surface area contributed by atoms with Gasteiger partial charge < -0.3 is 5.32 Å². The van der Waals surface area contributed by atoms with Crippen LogP contribution in [0.25, 0.3) is 5.69 Å². The van der Waals surface area contributed by atoms with Gasteiger partial charge in [0.15, 0.2) is 0 Å². The molecule has 1 N–H and O–H groups in total. The van der Waals surface area contributed by atoms with Crippen LogP contribution in [0.2, 0.25) is 0 Å². The first kappa shape index (κ1) is 18.2. The average molecular weight is 367 g/mol. The Kier molecular flexibility index (Phi) is 5.02. The van der Waals surface area contributed by atoms with E-state index in [9.17, 15) is 4.79 Å². The molecule has 2 fully saturated rings. The Labute approximate surface area is 161 Å². The van der Waals surface area contributed by atoms with Gasteiger partial charge in [-0.1, -0.05) is 17.7 Å². The van der Waals surface area contributed by atoms with Crippen LogP contribution in [0.3, 0.4) is 0 Å². The number of aromatic nitrogens is 2. The van der Waals surface area contributed by atoms with E-state index in [-0.39, 0.29) is 11.4 Å². The third kappa shape index (κ3) is 3.51. The van der Waals surface area contributed by atoms with Gasteiger partial charge in [0.05, 0.1) is 5.69 Å².